The summed E-state index contributed by atoms with van der Waals surface area (Å²) in [5.74, 6) is 0.821. The minimum Gasteiger partial charge on any atom is -0.467 e. The van der Waals surface area contributed by atoms with Crippen LogP contribution in [-0.2, 0) is 16.1 Å². The van der Waals surface area contributed by atoms with E-state index in [1.165, 1.54) is 0 Å². The zero-order valence-corrected chi connectivity index (χ0v) is 16.4. The first kappa shape index (κ1) is 19.7. The number of hydrogen-bond donors (Lipinski definition) is 2. The minimum absolute atomic E-state index is 0.0486. The second kappa shape index (κ2) is 8.31. The van der Waals surface area contributed by atoms with Gasteiger partial charge in [-0.3, -0.25) is 14.5 Å². The van der Waals surface area contributed by atoms with Gasteiger partial charge in [0, 0.05) is 11.7 Å². The molecule has 2 aromatic rings. The van der Waals surface area contributed by atoms with Crippen molar-refractivity contribution in [2.75, 3.05) is 25.5 Å². The maximum Gasteiger partial charge on any atom is 0.239 e. The van der Waals surface area contributed by atoms with Gasteiger partial charge in [-0.05, 0) is 51.4 Å². The Morgan fingerprint density at radius 3 is 2.64 bits per heavy atom. The van der Waals surface area contributed by atoms with Crippen LogP contribution in [0.3, 0.4) is 0 Å². The molecule has 0 unspecified atom stereocenters. The quantitative estimate of drug-likeness (QED) is 0.723. The molecule has 148 valence electrons. The van der Waals surface area contributed by atoms with Gasteiger partial charge in [0.15, 0.2) is 0 Å². The molecule has 0 atom stereocenters. The molecule has 2 N–H and O–H groups in total. The van der Waals surface area contributed by atoms with Crippen LogP contribution in [0.25, 0.3) is 0 Å². The van der Waals surface area contributed by atoms with Crippen molar-refractivity contribution >= 4 is 17.6 Å². The summed E-state index contributed by atoms with van der Waals surface area (Å²) in [6.45, 7) is 4.38. The van der Waals surface area contributed by atoms with Gasteiger partial charge in [0.1, 0.15) is 17.6 Å². The van der Waals surface area contributed by atoms with E-state index in [1.54, 1.807) is 24.3 Å². The number of aromatic nitrogens is 1. The third-order valence-corrected chi connectivity index (χ3v) is 4.86. The SMILES string of the molecule is Cc1c(C#N)c(NC(=O)CN(C)CC(=O)NC2CC2)n(Cc2ccco2)c1C. The number of carbonyl (C=O) groups is 2. The van der Waals surface area contributed by atoms with Crippen molar-refractivity contribution in [2.24, 2.45) is 0 Å². The average Bonchev–Trinajstić information content (AvgIpc) is 3.23. The molecular weight excluding hydrogens is 358 g/mol. The maximum atomic E-state index is 12.6. The number of nitrogens with zero attached hydrogens (tertiary/aromatic N) is 3. The van der Waals surface area contributed by atoms with Gasteiger partial charge in [-0.15, -0.1) is 0 Å². The fourth-order valence-corrected chi connectivity index (χ4v) is 3.11. The lowest BCUT2D eigenvalue weighted by atomic mass is 10.2. The fraction of sp³-hybridized carbons (Fsp3) is 0.450. The molecule has 0 aromatic carbocycles. The van der Waals surface area contributed by atoms with Gasteiger partial charge in [-0.2, -0.15) is 5.26 Å². The Morgan fingerprint density at radius 2 is 2.04 bits per heavy atom. The van der Waals surface area contributed by atoms with Crippen molar-refractivity contribution in [1.29, 1.82) is 5.26 Å². The predicted octanol–water partition coefficient (Wildman–Crippen LogP) is 1.77. The molecular formula is C20H25N5O3. The van der Waals surface area contributed by atoms with Gasteiger partial charge in [0.25, 0.3) is 0 Å². The molecule has 0 radical (unpaired) electrons. The van der Waals surface area contributed by atoms with Crippen LogP contribution < -0.4 is 10.6 Å². The van der Waals surface area contributed by atoms with E-state index in [9.17, 15) is 14.9 Å². The van der Waals surface area contributed by atoms with E-state index in [4.69, 9.17) is 4.42 Å². The molecule has 2 aromatic heterocycles. The molecule has 3 rings (SSSR count). The van der Waals surface area contributed by atoms with Gasteiger partial charge < -0.3 is 19.6 Å². The monoisotopic (exact) mass is 383 g/mol. The van der Waals surface area contributed by atoms with E-state index in [0.717, 1.165) is 29.9 Å². The average molecular weight is 383 g/mol. The highest BCUT2D eigenvalue weighted by Gasteiger charge is 2.24. The normalized spacial score (nSPS) is 13.4. The molecule has 28 heavy (non-hydrogen) atoms. The number of carbonyl (C=O) groups excluding carboxylic acids is 2. The van der Waals surface area contributed by atoms with Gasteiger partial charge in [0.05, 0.1) is 31.5 Å². The second-order valence-electron chi connectivity index (χ2n) is 7.27. The van der Waals surface area contributed by atoms with E-state index in [-0.39, 0.29) is 24.9 Å². The molecule has 0 aliphatic heterocycles. The smallest absolute Gasteiger partial charge is 0.239 e. The van der Waals surface area contributed by atoms with E-state index < -0.39 is 0 Å². The van der Waals surface area contributed by atoms with E-state index in [1.807, 2.05) is 24.5 Å². The summed E-state index contributed by atoms with van der Waals surface area (Å²) in [6, 6.07) is 6.12. The summed E-state index contributed by atoms with van der Waals surface area (Å²) in [6.07, 6.45) is 3.64. The lowest BCUT2D eigenvalue weighted by Gasteiger charge is -2.17. The molecule has 1 fully saturated rings. The minimum atomic E-state index is -0.281. The van der Waals surface area contributed by atoms with Crippen LogP contribution in [0.5, 0.6) is 0 Å². The van der Waals surface area contributed by atoms with Crippen LogP contribution in [0.15, 0.2) is 22.8 Å². The molecule has 1 saturated carbocycles. The number of nitrogens with one attached hydrogen (secondary N) is 2. The standard InChI is InChI=1S/C20H25N5O3/c1-13-14(2)25(10-16-5-4-8-28-16)20(17(13)9-21)23-19(27)12-24(3)11-18(26)22-15-6-7-15/h4-5,8,15H,6-7,10-12H2,1-3H3,(H,22,26)(H,23,27). The highest BCUT2D eigenvalue weighted by atomic mass is 16.3. The summed E-state index contributed by atoms with van der Waals surface area (Å²) in [4.78, 5) is 26.1. The van der Waals surface area contributed by atoms with Crippen molar-refractivity contribution < 1.29 is 14.0 Å². The lowest BCUT2D eigenvalue weighted by molar-refractivity contribution is -0.123. The summed E-state index contributed by atoms with van der Waals surface area (Å²) in [7, 11) is 1.72. The van der Waals surface area contributed by atoms with E-state index >= 15 is 0 Å². The summed E-state index contributed by atoms with van der Waals surface area (Å²) >= 11 is 0. The van der Waals surface area contributed by atoms with Crippen molar-refractivity contribution in [1.82, 2.24) is 14.8 Å². The van der Waals surface area contributed by atoms with Crippen LogP contribution in [0.4, 0.5) is 5.82 Å². The number of rotatable bonds is 8. The van der Waals surface area contributed by atoms with Gasteiger partial charge >= 0.3 is 0 Å². The van der Waals surface area contributed by atoms with Crippen LogP contribution >= 0.6 is 0 Å². The Kier molecular flexibility index (Phi) is 5.85. The predicted molar refractivity (Wildman–Crippen MR) is 104 cm³/mol. The Morgan fingerprint density at radius 1 is 1.32 bits per heavy atom. The Balaban J connectivity index is 1.69. The van der Waals surface area contributed by atoms with E-state index in [0.29, 0.717) is 24.0 Å². The molecule has 8 heteroatoms. The number of nitriles is 1. The zero-order chi connectivity index (χ0) is 20.3. The van der Waals surface area contributed by atoms with Crippen LogP contribution in [0.2, 0.25) is 0 Å². The van der Waals surface area contributed by atoms with Crippen LogP contribution in [0.1, 0.15) is 35.4 Å². The molecule has 1 aliphatic carbocycles. The number of furan rings is 1. The second-order valence-corrected chi connectivity index (χ2v) is 7.27. The van der Waals surface area contributed by atoms with Gasteiger partial charge in [-0.25, -0.2) is 0 Å². The maximum absolute atomic E-state index is 12.6. The molecule has 2 heterocycles. The third kappa shape index (κ3) is 4.61. The molecule has 0 spiro atoms. The Bertz CT molecular complexity index is 903. The van der Waals surface area contributed by atoms with Gasteiger partial charge in [-0.1, -0.05) is 0 Å². The van der Waals surface area contributed by atoms with Gasteiger partial charge in [0.2, 0.25) is 11.8 Å². The fourth-order valence-electron chi connectivity index (χ4n) is 3.11. The van der Waals surface area contributed by atoms with Crippen LogP contribution in [0, 0.1) is 25.2 Å². The first-order valence-electron chi connectivity index (χ1n) is 9.29. The summed E-state index contributed by atoms with van der Waals surface area (Å²) in [5.41, 5.74) is 2.15. The zero-order valence-electron chi connectivity index (χ0n) is 16.4. The van der Waals surface area contributed by atoms with Crippen molar-refractivity contribution in [2.45, 2.75) is 39.3 Å². The topological polar surface area (TPSA) is 103 Å². The highest BCUT2D eigenvalue weighted by Crippen LogP contribution is 2.27. The van der Waals surface area contributed by atoms with Crippen molar-refractivity contribution in [3.05, 3.63) is 41.0 Å². The Hall–Kier alpha value is -3.05. The van der Waals surface area contributed by atoms with Crippen molar-refractivity contribution in [3.8, 4) is 6.07 Å². The summed E-state index contributed by atoms with van der Waals surface area (Å²) < 4.78 is 7.28. The molecule has 0 saturated heterocycles. The lowest BCUT2D eigenvalue weighted by Crippen LogP contribution is -2.39. The number of anilines is 1. The summed E-state index contributed by atoms with van der Waals surface area (Å²) in [5, 5.41) is 15.3. The van der Waals surface area contributed by atoms with Crippen molar-refractivity contribution in [3.63, 3.8) is 0 Å². The van der Waals surface area contributed by atoms with Crippen LogP contribution in [-0.4, -0.2) is 47.5 Å². The molecule has 1 aliphatic rings. The number of hydrogen-bond acceptors (Lipinski definition) is 5. The molecule has 2 amide bonds. The number of amides is 2. The largest absolute Gasteiger partial charge is 0.467 e. The first-order chi connectivity index (χ1) is 13.4. The number of likely N-dealkylation sites (N-methyl/N-ethyl adjacent to an activating group) is 1. The first-order valence-corrected chi connectivity index (χ1v) is 9.29. The third-order valence-electron chi connectivity index (χ3n) is 4.86. The molecule has 8 nitrogen and oxygen atoms in total. The molecule has 0 bridgehead atoms. The highest BCUT2D eigenvalue weighted by molar-refractivity contribution is 5.93. The Labute approximate surface area is 164 Å². The van der Waals surface area contributed by atoms with E-state index in [2.05, 4.69) is 16.7 Å².